The number of hydrogen-bond acceptors (Lipinski definition) is 3. The topological polar surface area (TPSA) is 38.5 Å². The van der Waals surface area contributed by atoms with E-state index in [4.69, 9.17) is 10.5 Å². The fourth-order valence-electron chi connectivity index (χ4n) is 2.15. The molecule has 1 heterocycles. The molecule has 16 heavy (non-hydrogen) atoms. The van der Waals surface area contributed by atoms with Crippen molar-refractivity contribution in [3.8, 4) is 0 Å². The van der Waals surface area contributed by atoms with Crippen molar-refractivity contribution >= 4 is 0 Å². The Balaban J connectivity index is 1.97. The van der Waals surface area contributed by atoms with Crippen molar-refractivity contribution in [2.75, 3.05) is 19.7 Å². The third-order valence-electron chi connectivity index (χ3n) is 2.96. The standard InChI is InChI=1S/C13H20N2O/c1-11-9-15(5-6-16-11)10-13-4-2-3-12(7-13)8-14/h2-4,7,11H,5-6,8-10,14H2,1H3/t11-/m1/s1. The van der Waals surface area contributed by atoms with E-state index in [-0.39, 0.29) is 0 Å². The highest BCUT2D eigenvalue weighted by molar-refractivity contribution is 5.23. The molecule has 0 aliphatic carbocycles. The van der Waals surface area contributed by atoms with Gasteiger partial charge in [-0.15, -0.1) is 0 Å². The Kier molecular flexibility index (Phi) is 3.93. The Morgan fingerprint density at radius 3 is 3.00 bits per heavy atom. The Hall–Kier alpha value is -0.900. The lowest BCUT2D eigenvalue weighted by atomic mass is 10.1. The molecule has 1 aromatic carbocycles. The zero-order valence-electron chi connectivity index (χ0n) is 9.86. The summed E-state index contributed by atoms with van der Waals surface area (Å²) in [6.07, 6.45) is 0.353. The molecule has 0 aromatic heterocycles. The zero-order valence-corrected chi connectivity index (χ0v) is 9.86. The van der Waals surface area contributed by atoms with Crippen molar-refractivity contribution in [1.29, 1.82) is 0 Å². The highest BCUT2D eigenvalue weighted by Crippen LogP contribution is 2.11. The van der Waals surface area contributed by atoms with Crippen LogP contribution in [-0.4, -0.2) is 30.7 Å². The van der Waals surface area contributed by atoms with Gasteiger partial charge in [-0.05, 0) is 18.1 Å². The minimum Gasteiger partial charge on any atom is -0.376 e. The van der Waals surface area contributed by atoms with Gasteiger partial charge in [-0.3, -0.25) is 4.90 Å². The molecule has 1 aliphatic heterocycles. The predicted molar refractivity (Wildman–Crippen MR) is 65.0 cm³/mol. The van der Waals surface area contributed by atoms with E-state index in [0.29, 0.717) is 12.6 Å². The van der Waals surface area contributed by atoms with Crippen LogP contribution in [0.5, 0.6) is 0 Å². The van der Waals surface area contributed by atoms with Gasteiger partial charge in [0.05, 0.1) is 12.7 Å². The summed E-state index contributed by atoms with van der Waals surface area (Å²) in [6, 6.07) is 8.52. The largest absolute Gasteiger partial charge is 0.376 e. The SMILES string of the molecule is C[C@@H]1CN(Cc2cccc(CN)c2)CCO1. The van der Waals surface area contributed by atoms with Crippen LogP contribution in [0.3, 0.4) is 0 Å². The molecule has 88 valence electrons. The van der Waals surface area contributed by atoms with Crippen LogP contribution in [0.15, 0.2) is 24.3 Å². The average molecular weight is 220 g/mol. The first-order valence-electron chi connectivity index (χ1n) is 5.90. The number of benzene rings is 1. The Bertz CT molecular complexity index is 340. The highest BCUT2D eigenvalue weighted by atomic mass is 16.5. The molecular weight excluding hydrogens is 200 g/mol. The second-order valence-electron chi connectivity index (χ2n) is 4.44. The molecule has 0 spiro atoms. The van der Waals surface area contributed by atoms with E-state index in [0.717, 1.165) is 26.2 Å². The zero-order chi connectivity index (χ0) is 11.4. The van der Waals surface area contributed by atoms with Gasteiger partial charge in [-0.25, -0.2) is 0 Å². The lowest BCUT2D eigenvalue weighted by Gasteiger charge is -2.31. The maximum Gasteiger partial charge on any atom is 0.0674 e. The lowest BCUT2D eigenvalue weighted by molar-refractivity contribution is -0.0212. The number of hydrogen-bond donors (Lipinski definition) is 1. The smallest absolute Gasteiger partial charge is 0.0674 e. The van der Waals surface area contributed by atoms with E-state index >= 15 is 0 Å². The fraction of sp³-hybridized carbons (Fsp3) is 0.538. The van der Waals surface area contributed by atoms with Gasteiger partial charge in [-0.2, -0.15) is 0 Å². The Morgan fingerprint density at radius 2 is 2.25 bits per heavy atom. The molecule has 1 aromatic rings. The fourth-order valence-corrected chi connectivity index (χ4v) is 2.15. The first kappa shape index (κ1) is 11.6. The van der Waals surface area contributed by atoms with E-state index in [2.05, 4.69) is 36.1 Å². The molecule has 0 amide bonds. The molecule has 1 aliphatic rings. The van der Waals surface area contributed by atoms with Gasteiger partial charge in [0.1, 0.15) is 0 Å². The minimum atomic E-state index is 0.353. The molecule has 0 radical (unpaired) electrons. The van der Waals surface area contributed by atoms with E-state index in [9.17, 15) is 0 Å². The molecular formula is C13H20N2O. The van der Waals surface area contributed by atoms with Gasteiger partial charge in [0.2, 0.25) is 0 Å². The monoisotopic (exact) mass is 220 g/mol. The quantitative estimate of drug-likeness (QED) is 0.836. The van der Waals surface area contributed by atoms with Crippen LogP contribution in [0.1, 0.15) is 18.1 Å². The summed E-state index contributed by atoms with van der Waals surface area (Å²) in [5.41, 5.74) is 8.19. The molecule has 1 atom stereocenters. The normalized spacial score (nSPS) is 22.2. The summed E-state index contributed by atoms with van der Waals surface area (Å²) >= 11 is 0. The van der Waals surface area contributed by atoms with E-state index in [1.54, 1.807) is 0 Å². The van der Waals surface area contributed by atoms with Crippen LogP contribution in [0, 0.1) is 0 Å². The van der Waals surface area contributed by atoms with Gasteiger partial charge < -0.3 is 10.5 Å². The number of nitrogens with two attached hydrogens (primary N) is 1. The molecule has 3 heteroatoms. The summed E-state index contributed by atoms with van der Waals surface area (Å²) in [5, 5.41) is 0. The van der Waals surface area contributed by atoms with E-state index < -0.39 is 0 Å². The Morgan fingerprint density at radius 1 is 1.44 bits per heavy atom. The summed E-state index contributed by atoms with van der Waals surface area (Å²) in [4.78, 5) is 2.43. The van der Waals surface area contributed by atoms with E-state index in [1.165, 1.54) is 11.1 Å². The number of ether oxygens (including phenoxy) is 1. The molecule has 2 rings (SSSR count). The third kappa shape index (κ3) is 3.04. The maximum absolute atomic E-state index is 5.64. The number of nitrogens with zero attached hydrogens (tertiary/aromatic N) is 1. The van der Waals surface area contributed by atoms with Crippen molar-refractivity contribution in [3.05, 3.63) is 35.4 Å². The highest BCUT2D eigenvalue weighted by Gasteiger charge is 2.16. The number of rotatable bonds is 3. The van der Waals surface area contributed by atoms with Crippen LogP contribution in [0.25, 0.3) is 0 Å². The van der Waals surface area contributed by atoms with Gasteiger partial charge >= 0.3 is 0 Å². The van der Waals surface area contributed by atoms with Gasteiger partial charge in [0, 0.05) is 26.2 Å². The summed E-state index contributed by atoms with van der Waals surface area (Å²) < 4.78 is 5.53. The Labute approximate surface area is 97.2 Å². The van der Waals surface area contributed by atoms with Crippen molar-refractivity contribution in [3.63, 3.8) is 0 Å². The van der Waals surface area contributed by atoms with Gasteiger partial charge in [0.25, 0.3) is 0 Å². The van der Waals surface area contributed by atoms with Crippen LogP contribution in [-0.2, 0) is 17.8 Å². The molecule has 1 saturated heterocycles. The van der Waals surface area contributed by atoms with Crippen LogP contribution >= 0.6 is 0 Å². The second kappa shape index (κ2) is 5.43. The predicted octanol–water partition coefficient (Wildman–Crippen LogP) is 1.37. The minimum absolute atomic E-state index is 0.353. The van der Waals surface area contributed by atoms with Crippen LogP contribution in [0.2, 0.25) is 0 Å². The molecule has 0 bridgehead atoms. The summed E-state index contributed by atoms with van der Waals surface area (Å²) in [7, 11) is 0. The third-order valence-corrected chi connectivity index (χ3v) is 2.96. The van der Waals surface area contributed by atoms with Crippen molar-refractivity contribution in [2.45, 2.75) is 26.1 Å². The van der Waals surface area contributed by atoms with E-state index in [1.807, 2.05) is 0 Å². The average Bonchev–Trinajstić information content (AvgIpc) is 2.29. The van der Waals surface area contributed by atoms with Crippen molar-refractivity contribution < 1.29 is 4.74 Å². The molecule has 1 fully saturated rings. The maximum atomic E-state index is 5.64. The first-order chi connectivity index (χ1) is 7.78. The molecule has 0 unspecified atom stereocenters. The summed E-state index contributed by atoms with van der Waals surface area (Å²) in [6.45, 7) is 6.64. The first-order valence-corrected chi connectivity index (χ1v) is 5.90. The molecule has 0 saturated carbocycles. The van der Waals surface area contributed by atoms with Crippen molar-refractivity contribution in [1.82, 2.24) is 4.90 Å². The van der Waals surface area contributed by atoms with Crippen molar-refractivity contribution in [2.24, 2.45) is 5.73 Å². The summed E-state index contributed by atoms with van der Waals surface area (Å²) in [5.74, 6) is 0. The number of morpholine rings is 1. The lowest BCUT2D eigenvalue weighted by Crippen LogP contribution is -2.40. The van der Waals surface area contributed by atoms with Gasteiger partial charge in [0.15, 0.2) is 0 Å². The molecule has 3 nitrogen and oxygen atoms in total. The van der Waals surface area contributed by atoms with Crippen LogP contribution in [0.4, 0.5) is 0 Å². The molecule has 2 N–H and O–H groups in total. The van der Waals surface area contributed by atoms with Crippen LogP contribution < -0.4 is 5.73 Å². The van der Waals surface area contributed by atoms with Gasteiger partial charge in [-0.1, -0.05) is 24.3 Å². The second-order valence-corrected chi connectivity index (χ2v) is 4.44.